The molecule has 0 bridgehead atoms. The molecule has 0 unspecified atom stereocenters. The van der Waals surface area contributed by atoms with Gasteiger partial charge in [-0.1, -0.05) is 50.2 Å². The maximum atomic E-state index is 5.85. The average molecular weight is 285 g/mol. The van der Waals surface area contributed by atoms with Gasteiger partial charge in [0.15, 0.2) is 11.5 Å². The number of methoxy groups -OCH3 is 1. The molecule has 0 aliphatic rings. The Hall–Kier alpha value is -2.00. The van der Waals surface area contributed by atoms with E-state index in [4.69, 9.17) is 9.47 Å². The number of benzene rings is 2. The van der Waals surface area contributed by atoms with Crippen molar-refractivity contribution < 1.29 is 9.47 Å². The number of ether oxygens (including phenoxy) is 2. The van der Waals surface area contributed by atoms with E-state index >= 15 is 0 Å². The lowest BCUT2D eigenvalue weighted by molar-refractivity contribution is 0.284. The lowest BCUT2D eigenvalue weighted by atomic mass is 10.1. The molecule has 1 N–H and O–H groups in total. The Kier molecular flexibility index (Phi) is 5.64. The highest BCUT2D eigenvalue weighted by molar-refractivity contribution is 5.39. The van der Waals surface area contributed by atoms with Crippen LogP contribution in [-0.2, 0) is 13.2 Å². The predicted molar refractivity (Wildman–Crippen MR) is 85.7 cm³/mol. The summed E-state index contributed by atoms with van der Waals surface area (Å²) in [6.45, 7) is 5.71. The molecule has 0 saturated carbocycles. The number of hydrogen-bond acceptors (Lipinski definition) is 3. The summed E-state index contributed by atoms with van der Waals surface area (Å²) in [5.41, 5.74) is 2.42. The van der Waals surface area contributed by atoms with Gasteiger partial charge >= 0.3 is 0 Å². The summed E-state index contributed by atoms with van der Waals surface area (Å²) in [7, 11) is 1.65. The maximum Gasteiger partial charge on any atom is 0.161 e. The molecule has 0 heterocycles. The molecule has 0 saturated heterocycles. The minimum Gasteiger partial charge on any atom is -0.493 e. The highest BCUT2D eigenvalue weighted by atomic mass is 16.5. The second-order valence-corrected chi connectivity index (χ2v) is 5.30. The molecule has 2 rings (SSSR count). The van der Waals surface area contributed by atoms with Crippen LogP contribution in [-0.4, -0.2) is 13.2 Å². The van der Waals surface area contributed by atoms with Gasteiger partial charge in [0.25, 0.3) is 0 Å². The van der Waals surface area contributed by atoms with Crippen molar-refractivity contribution in [3.8, 4) is 11.5 Å². The van der Waals surface area contributed by atoms with Crippen molar-refractivity contribution in [3.05, 3.63) is 59.7 Å². The largest absolute Gasteiger partial charge is 0.493 e. The Morgan fingerprint density at radius 2 is 1.67 bits per heavy atom. The monoisotopic (exact) mass is 285 g/mol. The summed E-state index contributed by atoms with van der Waals surface area (Å²) in [5, 5.41) is 3.42. The van der Waals surface area contributed by atoms with Crippen LogP contribution in [0.2, 0.25) is 0 Å². The fraction of sp³-hybridized carbons (Fsp3) is 0.333. The lowest BCUT2D eigenvalue weighted by Crippen LogP contribution is -2.21. The summed E-state index contributed by atoms with van der Waals surface area (Å²) in [5.74, 6) is 1.53. The van der Waals surface area contributed by atoms with Crippen molar-refractivity contribution in [1.82, 2.24) is 5.32 Å². The highest BCUT2D eigenvalue weighted by Gasteiger charge is 2.03. The fourth-order valence-electron chi connectivity index (χ4n) is 2.05. The van der Waals surface area contributed by atoms with Crippen molar-refractivity contribution in [3.63, 3.8) is 0 Å². The Balaban J connectivity index is 1.98. The summed E-state index contributed by atoms with van der Waals surface area (Å²) in [4.78, 5) is 0. The zero-order chi connectivity index (χ0) is 15.1. The third kappa shape index (κ3) is 4.80. The van der Waals surface area contributed by atoms with E-state index < -0.39 is 0 Å². The normalized spacial score (nSPS) is 10.7. The first kappa shape index (κ1) is 15.4. The molecule has 0 atom stereocenters. The van der Waals surface area contributed by atoms with Crippen LogP contribution in [0, 0.1) is 0 Å². The Morgan fingerprint density at radius 3 is 2.38 bits per heavy atom. The number of para-hydroxylation sites is 2. The van der Waals surface area contributed by atoms with Crippen molar-refractivity contribution in [2.45, 2.75) is 33.0 Å². The molecule has 2 aromatic rings. The van der Waals surface area contributed by atoms with E-state index in [1.165, 1.54) is 5.56 Å². The molecule has 0 aromatic heterocycles. The van der Waals surface area contributed by atoms with Crippen molar-refractivity contribution >= 4 is 0 Å². The van der Waals surface area contributed by atoms with Crippen LogP contribution in [0.3, 0.4) is 0 Å². The number of hydrogen-bond donors (Lipinski definition) is 1. The van der Waals surface area contributed by atoms with Gasteiger partial charge in [-0.2, -0.15) is 0 Å². The molecule has 21 heavy (non-hydrogen) atoms. The second kappa shape index (κ2) is 7.70. The van der Waals surface area contributed by atoms with Gasteiger partial charge in [-0.05, 0) is 23.3 Å². The van der Waals surface area contributed by atoms with Gasteiger partial charge < -0.3 is 14.8 Å². The maximum absolute atomic E-state index is 5.85. The van der Waals surface area contributed by atoms with Crippen LogP contribution in [0.15, 0.2) is 48.5 Å². The third-order valence-electron chi connectivity index (χ3n) is 3.17. The standard InChI is InChI=1S/C18H23NO2/c1-14(2)19-12-15-7-6-8-16(11-15)13-21-18-10-5-4-9-17(18)20-3/h4-11,14,19H,12-13H2,1-3H3. The van der Waals surface area contributed by atoms with Gasteiger partial charge in [0.2, 0.25) is 0 Å². The highest BCUT2D eigenvalue weighted by Crippen LogP contribution is 2.26. The SMILES string of the molecule is COc1ccccc1OCc1cccc(CNC(C)C)c1. The Morgan fingerprint density at radius 1 is 0.952 bits per heavy atom. The fourth-order valence-corrected chi connectivity index (χ4v) is 2.05. The molecule has 0 aliphatic heterocycles. The van der Waals surface area contributed by atoms with E-state index in [0.29, 0.717) is 12.6 Å². The smallest absolute Gasteiger partial charge is 0.161 e. The average Bonchev–Trinajstić information content (AvgIpc) is 2.51. The summed E-state index contributed by atoms with van der Waals surface area (Å²) < 4.78 is 11.1. The molecule has 3 nitrogen and oxygen atoms in total. The van der Waals surface area contributed by atoms with Gasteiger partial charge in [-0.25, -0.2) is 0 Å². The van der Waals surface area contributed by atoms with Crippen LogP contribution in [0.4, 0.5) is 0 Å². The Labute approximate surface area is 126 Å². The van der Waals surface area contributed by atoms with Gasteiger partial charge in [0.1, 0.15) is 6.61 Å². The zero-order valence-electron chi connectivity index (χ0n) is 12.9. The van der Waals surface area contributed by atoms with Crippen LogP contribution in [0.1, 0.15) is 25.0 Å². The van der Waals surface area contributed by atoms with Crippen LogP contribution >= 0.6 is 0 Å². The minimum absolute atomic E-state index is 0.485. The van der Waals surface area contributed by atoms with Crippen molar-refractivity contribution in [1.29, 1.82) is 0 Å². The van der Waals surface area contributed by atoms with E-state index in [2.05, 4.69) is 43.4 Å². The molecule has 0 aliphatic carbocycles. The van der Waals surface area contributed by atoms with E-state index in [0.717, 1.165) is 23.6 Å². The van der Waals surface area contributed by atoms with Gasteiger partial charge in [0, 0.05) is 12.6 Å². The van der Waals surface area contributed by atoms with Gasteiger partial charge in [0.05, 0.1) is 7.11 Å². The van der Waals surface area contributed by atoms with Crippen molar-refractivity contribution in [2.24, 2.45) is 0 Å². The van der Waals surface area contributed by atoms with Gasteiger partial charge in [-0.15, -0.1) is 0 Å². The van der Waals surface area contributed by atoms with Crippen LogP contribution < -0.4 is 14.8 Å². The van der Waals surface area contributed by atoms with Gasteiger partial charge in [-0.3, -0.25) is 0 Å². The van der Waals surface area contributed by atoms with Crippen molar-refractivity contribution in [2.75, 3.05) is 7.11 Å². The summed E-state index contributed by atoms with van der Waals surface area (Å²) in [6, 6.07) is 16.6. The lowest BCUT2D eigenvalue weighted by Gasteiger charge is -2.12. The van der Waals surface area contributed by atoms with Crippen LogP contribution in [0.5, 0.6) is 11.5 Å². The molecule has 0 spiro atoms. The van der Waals surface area contributed by atoms with E-state index in [9.17, 15) is 0 Å². The molecule has 0 amide bonds. The summed E-state index contributed by atoms with van der Waals surface area (Å²) in [6.07, 6.45) is 0. The van der Waals surface area contributed by atoms with Crippen LogP contribution in [0.25, 0.3) is 0 Å². The first-order valence-corrected chi connectivity index (χ1v) is 7.26. The summed E-state index contributed by atoms with van der Waals surface area (Å²) >= 11 is 0. The molecule has 2 aromatic carbocycles. The molecule has 3 heteroatoms. The second-order valence-electron chi connectivity index (χ2n) is 5.30. The third-order valence-corrected chi connectivity index (χ3v) is 3.17. The topological polar surface area (TPSA) is 30.5 Å². The molecular weight excluding hydrogens is 262 g/mol. The molecule has 0 fully saturated rings. The first-order chi connectivity index (χ1) is 10.2. The van der Waals surface area contributed by atoms with E-state index in [-0.39, 0.29) is 0 Å². The molecule has 0 radical (unpaired) electrons. The predicted octanol–water partition coefficient (Wildman–Crippen LogP) is 3.77. The Bertz CT molecular complexity index is 567. The number of rotatable bonds is 7. The first-order valence-electron chi connectivity index (χ1n) is 7.26. The number of nitrogens with one attached hydrogen (secondary N) is 1. The quantitative estimate of drug-likeness (QED) is 0.840. The van der Waals surface area contributed by atoms with E-state index in [1.54, 1.807) is 7.11 Å². The van der Waals surface area contributed by atoms with E-state index in [1.807, 2.05) is 24.3 Å². The minimum atomic E-state index is 0.485. The zero-order valence-corrected chi connectivity index (χ0v) is 12.9. The molecular formula is C18H23NO2. The molecule has 112 valence electrons.